The first-order chi connectivity index (χ1) is 15.6. The molecule has 0 fully saturated rings. The van der Waals surface area contributed by atoms with E-state index in [9.17, 15) is 4.79 Å². The van der Waals surface area contributed by atoms with Crippen LogP contribution >= 0.6 is 24.0 Å². The lowest BCUT2D eigenvalue weighted by atomic mass is 10.1. The molecule has 0 bridgehead atoms. The van der Waals surface area contributed by atoms with Gasteiger partial charge in [0.05, 0.1) is 0 Å². The number of aromatic nitrogens is 3. The van der Waals surface area contributed by atoms with Crippen LogP contribution in [-0.4, -0.2) is 65.3 Å². The number of amides is 1. The van der Waals surface area contributed by atoms with E-state index >= 15 is 0 Å². The van der Waals surface area contributed by atoms with Crippen molar-refractivity contribution >= 4 is 35.8 Å². The van der Waals surface area contributed by atoms with Crippen molar-refractivity contribution in [1.82, 2.24) is 30.3 Å². The highest BCUT2D eigenvalue weighted by atomic mass is 127. The quantitative estimate of drug-likeness (QED) is 0.211. The smallest absolute Gasteiger partial charge is 0.253 e. The van der Waals surface area contributed by atoms with E-state index in [0.29, 0.717) is 0 Å². The lowest BCUT2D eigenvalue weighted by Gasteiger charge is -2.13. The van der Waals surface area contributed by atoms with Crippen molar-refractivity contribution in [2.24, 2.45) is 4.99 Å². The number of carbonyl (C=O) groups is 1. The van der Waals surface area contributed by atoms with E-state index in [1.54, 1.807) is 19.0 Å². The summed E-state index contributed by atoms with van der Waals surface area (Å²) >= 11 is 0. The Hall–Kier alpha value is -2.17. The van der Waals surface area contributed by atoms with Crippen molar-refractivity contribution in [1.29, 1.82) is 0 Å². The molecular weight excluding hydrogens is 529 g/mol. The summed E-state index contributed by atoms with van der Waals surface area (Å²) in [5.41, 5.74) is 1.85. The lowest BCUT2D eigenvalue weighted by Crippen LogP contribution is -2.38. The van der Waals surface area contributed by atoms with Gasteiger partial charge in [0.2, 0.25) is 0 Å². The number of aliphatic imine (C=N–C) groups is 1. The monoisotopic (exact) mass is 567 g/mol. The average Bonchev–Trinajstić information content (AvgIpc) is 3.01. The zero-order valence-electron chi connectivity index (χ0n) is 20.1. The minimum absolute atomic E-state index is 0. The third-order valence-electron chi connectivity index (χ3n) is 5.64. The summed E-state index contributed by atoms with van der Waals surface area (Å²) in [5.74, 6) is 3.10. The Balaban J connectivity index is 0.00000385. The fraction of sp³-hybridized carbons (Fsp3) is 0.583. The number of halogens is 1. The van der Waals surface area contributed by atoms with Crippen LogP contribution in [0.25, 0.3) is 0 Å². The van der Waals surface area contributed by atoms with Crippen LogP contribution in [0.1, 0.15) is 60.2 Å². The van der Waals surface area contributed by atoms with Gasteiger partial charge < -0.3 is 20.1 Å². The Labute approximate surface area is 214 Å². The summed E-state index contributed by atoms with van der Waals surface area (Å²) in [7, 11) is 3.55. The number of benzene rings is 1. The first-order valence-electron chi connectivity index (χ1n) is 11.8. The fourth-order valence-corrected chi connectivity index (χ4v) is 3.94. The van der Waals surface area contributed by atoms with E-state index in [4.69, 9.17) is 4.99 Å². The standard InChI is InChI=1S/C24H37N7O.HI/c1-4-25-24(27-16-14-19-10-8-11-20(18-19)23(32)30(2)3)26-15-9-13-22-29-28-21-12-6-5-7-17-31(21)22;/h8,10-11,18H,4-7,9,12-17H2,1-3H3,(H2,25,26,27);1H. The van der Waals surface area contributed by atoms with E-state index in [1.165, 1.54) is 19.3 Å². The zero-order valence-corrected chi connectivity index (χ0v) is 22.5. The molecule has 0 saturated carbocycles. The van der Waals surface area contributed by atoms with Crippen LogP contribution in [0.3, 0.4) is 0 Å². The number of nitrogens with zero attached hydrogens (tertiary/aromatic N) is 5. The van der Waals surface area contributed by atoms with Crippen molar-refractivity contribution in [3.63, 3.8) is 0 Å². The summed E-state index contributed by atoms with van der Waals surface area (Å²) in [6.45, 7) is 5.43. The van der Waals surface area contributed by atoms with Crippen LogP contribution in [-0.2, 0) is 25.8 Å². The maximum absolute atomic E-state index is 12.2. The number of fused-ring (bicyclic) bond motifs is 1. The van der Waals surface area contributed by atoms with E-state index in [0.717, 1.165) is 80.6 Å². The van der Waals surface area contributed by atoms with Gasteiger partial charge in [-0.1, -0.05) is 18.6 Å². The van der Waals surface area contributed by atoms with Crippen molar-refractivity contribution in [3.05, 3.63) is 47.0 Å². The van der Waals surface area contributed by atoms with Gasteiger partial charge in [-0.2, -0.15) is 0 Å². The predicted octanol–water partition coefficient (Wildman–Crippen LogP) is 3.05. The fourth-order valence-electron chi connectivity index (χ4n) is 3.94. The molecule has 1 aliphatic rings. The number of carbonyl (C=O) groups excluding carboxylic acids is 1. The predicted molar refractivity (Wildman–Crippen MR) is 143 cm³/mol. The Morgan fingerprint density at radius 3 is 2.79 bits per heavy atom. The largest absolute Gasteiger partial charge is 0.357 e. The molecule has 0 unspecified atom stereocenters. The maximum Gasteiger partial charge on any atom is 0.253 e. The Kier molecular flexibility index (Phi) is 11.6. The third kappa shape index (κ3) is 8.28. The van der Waals surface area contributed by atoms with Gasteiger partial charge in [-0.05, 0) is 50.3 Å². The molecular formula is C24H38IN7O. The molecule has 2 N–H and O–H groups in total. The molecule has 0 radical (unpaired) electrons. The van der Waals surface area contributed by atoms with Gasteiger partial charge in [0.15, 0.2) is 5.96 Å². The van der Waals surface area contributed by atoms with Crippen molar-refractivity contribution in [2.75, 3.05) is 33.7 Å². The molecule has 2 aromatic rings. The first-order valence-corrected chi connectivity index (χ1v) is 11.8. The minimum atomic E-state index is 0. The molecule has 0 spiro atoms. The molecule has 33 heavy (non-hydrogen) atoms. The van der Waals surface area contributed by atoms with Crippen LogP contribution in [0.5, 0.6) is 0 Å². The summed E-state index contributed by atoms with van der Waals surface area (Å²) < 4.78 is 2.31. The van der Waals surface area contributed by atoms with Crippen LogP contribution in [0, 0.1) is 0 Å². The molecule has 0 saturated heterocycles. The second-order valence-corrected chi connectivity index (χ2v) is 8.44. The molecule has 3 rings (SSSR count). The van der Waals surface area contributed by atoms with Gasteiger partial charge in [0.1, 0.15) is 11.6 Å². The molecule has 1 amide bonds. The van der Waals surface area contributed by atoms with Crippen LogP contribution in [0.4, 0.5) is 0 Å². The lowest BCUT2D eigenvalue weighted by molar-refractivity contribution is 0.0827. The third-order valence-corrected chi connectivity index (χ3v) is 5.64. The zero-order chi connectivity index (χ0) is 22.8. The second kappa shape index (κ2) is 14.2. The Morgan fingerprint density at radius 1 is 1.15 bits per heavy atom. The van der Waals surface area contributed by atoms with Gasteiger partial charge >= 0.3 is 0 Å². The normalized spacial score (nSPS) is 13.5. The highest BCUT2D eigenvalue weighted by Crippen LogP contribution is 2.15. The molecule has 0 aliphatic carbocycles. The van der Waals surface area contributed by atoms with Gasteiger partial charge in [-0.25, -0.2) is 0 Å². The molecule has 182 valence electrons. The topological polar surface area (TPSA) is 87.4 Å². The number of hydrogen-bond acceptors (Lipinski definition) is 4. The van der Waals surface area contributed by atoms with Gasteiger partial charge in [-0.15, -0.1) is 34.2 Å². The van der Waals surface area contributed by atoms with E-state index in [2.05, 4.69) is 38.4 Å². The van der Waals surface area contributed by atoms with Crippen molar-refractivity contribution < 1.29 is 4.79 Å². The SMILES string of the molecule is CCNC(=NCCCc1nnc2n1CCCCC2)NCCc1cccc(C(=O)N(C)C)c1.I. The Bertz CT molecular complexity index is 910. The average molecular weight is 568 g/mol. The molecule has 8 nitrogen and oxygen atoms in total. The summed E-state index contributed by atoms with van der Waals surface area (Å²) in [4.78, 5) is 18.5. The summed E-state index contributed by atoms with van der Waals surface area (Å²) in [6, 6.07) is 7.82. The van der Waals surface area contributed by atoms with Gasteiger partial charge in [-0.3, -0.25) is 9.79 Å². The summed E-state index contributed by atoms with van der Waals surface area (Å²) in [5, 5.41) is 15.5. The minimum Gasteiger partial charge on any atom is -0.357 e. The highest BCUT2D eigenvalue weighted by Gasteiger charge is 2.14. The number of guanidine groups is 1. The molecule has 1 aliphatic heterocycles. The van der Waals surface area contributed by atoms with Crippen molar-refractivity contribution in [3.8, 4) is 0 Å². The van der Waals surface area contributed by atoms with E-state index in [-0.39, 0.29) is 29.9 Å². The molecule has 0 atom stereocenters. The number of rotatable bonds is 9. The van der Waals surface area contributed by atoms with Crippen molar-refractivity contribution in [2.45, 2.75) is 58.4 Å². The number of nitrogens with one attached hydrogen (secondary N) is 2. The molecule has 2 heterocycles. The van der Waals surface area contributed by atoms with E-state index in [1.807, 2.05) is 18.2 Å². The van der Waals surface area contributed by atoms with E-state index < -0.39 is 0 Å². The first kappa shape index (κ1) is 27.1. The summed E-state index contributed by atoms with van der Waals surface area (Å²) in [6.07, 6.45) is 7.44. The van der Waals surface area contributed by atoms with Gasteiger partial charge in [0, 0.05) is 58.7 Å². The van der Waals surface area contributed by atoms with Crippen LogP contribution < -0.4 is 10.6 Å². The molecule has 1 aromatic carbocycles. The Morgan fingerprint density at radius 2 is 2.00 bits per heavy atom. The van der Waals surface area contributed by atoms with Crippen LogP contribution in [0.2, 0.25) is 0 Å². The maximum atomic E-state index is 12.2. The number of aryl methyl sites for hydroxylation is 2. The van der Waals surface area contributed by atoms with Crippen LogP contribution in [0.15, 0.2) is 29.3 Å². The molecule has 1 aromatic heterocycles. The highest BCUT2D eigenvalue weighted by molar-refractivity contribution is 14.0. The second-order valence-electron chi connectivity index (χ2n) is 8.44. The molecule has 9 heteroatoms. The van der Waals surface area contributed by atoms with Gasteiger partial charge in [0.25, 0.3) is 5.91 Å². The number of hydrogen-bond donors (Lipinski definition) is 2.